The summed E-state index contributed by atoms with van der Waals surface area (Å²) in [7, 11) is -2.59. The van der Waals surface area contributed by atoms with Gasteiger partial charge in [0.15, 0.2) is 21.3 Å². The smallest absolute Gasteiger partial charge is 0.358 e. The van der Waals surface area contributed by atoms with Crippen molar-refractivity contribution in [2.75, 3.05) is 13.4 Å². The second-order valence-electron chi connectivity index (χ2n) is 4.69. The van der Waals surface area contributed by atoms with E-state index in [1.54, 1.807) is 0 Å². The Morgan fingerprint density at radius 2 is 2.00 bits per heavy atom. The van der Waals surface area contributed by atoms with Gasteiger partial charge in [0.05, 0.1) is 40.2 Å². The van der Waals surface area contributed by atoms with Gasteiger partial charge in [0.2, 0.25) is 0 Å². The molecule has 0 unspecified atom stereocenters. The van der Waals surface area contributed by atoms with Crippen LogP contribution in [0.4, 0.5) is 4.39 Å². The normalized spacial score (nSPS) is 11.3. The van der Waals surface area contributed by atoms with E-state index < -0.39 is 21.6 Å². The summed E-state index contributed by atoms with van der Waals surface area (Å²) in [5.74, 6) is -1.72. The molecule has 2 rings (SSSR count). The van der Waals surface area contributed by atoms with Crippen molar-refractivity contribution < 1.29 is 22.3 Å². The van der Waals surface area contributed by atoms with Gasteiger partial charge in [-0.15, -0.1) is 0 Å². The summed E-state index contributed by atoms with van der Waals surface area (Å²) in [6.07, 6.45) is 2.10. The molecular weight excluding hydrogens is 347 g/mol. The van der Waals surface area contributed by atoms with Gasteiger partial charge in [0.1, 0.15) is 0 Å². The zero-order chi connectivity index (χ0) is 17.4. The van der Waals surface area contributed by atoms with Gasteiger partial charge in [-0.3, -0.25) is 4.98 Å². The van der Waals surface area contributed by atoms with E-state index in [4.69, 9.17) is 11.6 Å². The van der Waals surface area contributed by atoms with E-state index in [0.717, 1.165) is 19.4 Å². The highest BCUT2D eigenvalue weighted by atomic mass is 35.5. The van der Waals surface area contributed by atoms with Crippen LogP contribution in [0.3, 0.4) is 0 Å². The predicted molar refractivity (Wildman–Crippen MR) is 81.6 cm³/mol. The van der Waals surface area contributed by atoms with Crippen molar-refractivity contribution in [1.29, 1.82) is 0 Å². The van der Waals surface area contributed by atoms with Gasteiger partial charge < -0.3 is 4.74 Å². The highest BCUT2D eigenvalue weighted by Gasteiger charge is 2.24. The minimum atomic E-state index is -3.75. The van der Waals surface area contributed by atoms with E-state index in [0.29, 0.717) is 0 Å². The zero-order valence-corrected chi connectivity index (χ0v) is 14.0. The predicted octanol–water partition coefficient (Wildman–Crippen LogP) is 2.43. The van der Waals surface area contributed by atoms with E-state index in [9.17, 15) is 17.6 Å². The minimum Gasteiger partial charge on any atom is -0.464 e. The molecule has 0 aliphatic carbocycles. The largest absolute Gasteiger partial charge is 0.464 e. The lowest BCUT2D eigenvalue weighted by molar-refractivity contribution is 0.0592. The standard InChI is InChI=1S/C14H12ClFN2O4S/c1-7-13(14(19)22-2)18-9(6-17-7)11-10(23(3,20)21)5-4-8(15)12(11)16/h4-6H,1-3H3. The first-order valence-electron chi connectivity index (χ1n) is 6.27. The van der Waals surface area contributed by atoms with Crippen molar-refractivity contribution in [3.8, 4) is 11.3 Å². The maximum Gasteiger partial charge on any atom is 0.358 e. The molecule has 2 aromatic rings. The number of benzene rings is 1. The van der Waals surface area contributed by atoms with Crippen LogP contribution in [0.25, 0.3) is 11.3 Å². The number of rotatable bonds is 3. The fraction of sp³-hybridized carbons (Fsp3) is 0.214. The Bertz CT molecular complexity index is 900. The Kier molecular flexibility index (Phi) is 4.67. The number of hydrogen-bond donors (Lipinski definition) is 0. The topological polar surface area (TPSA) is 86.2 Å². The number of esters is 1. The van der Waals surface area contributed by atoms with Gasteiger partial charge in [-0.25, -0.2) is 22.6 Å². The Balaban J connectivity index is 2.82. The number of ether oxygens (including phenoxy) is 1. The molecule has 0 amide bonds. The molecule has 1 aromatic carbocycles. The fourth-order valence-electron chi connectivity index (χ4n) is 1.94. The third-order valence-corrected chi connectivity index (χ3v) is 4.48. The summed E-state index contributed by atoms with van der Waals surface area (Å²) in [6.45, 7) is 1.52. The number of nitrogens with zero attached hydrogens (tertiary/aromatic N) is 2. The van der Waals surface area contributed by atoms with Crippen LogP contribution in [0.2, 0.25) is 5.02 Å². The second kappa shape index (κ2) is 6.21. The molecular formula is C14H12ClFN2O4S. The molecule has 9 heteroatoms. The Hall–Kier alpha value is -2.06. The minimum absolute atomic E-state index is 0.128. The maximum absolute atomic E-state index is 14.4. The third kappa shape index (κ3) is 3.32. The molecule has 0 radical (unpaired) electrons. The van der Waals surface area contributed by atoms with E-state index >= 15 is 0 Å². The summed E-state index contributed by atoms with van der Waals surface area (Å²) >= 11 is 5.74. The molecule has 0 saturated carbocycles. The number of hydrogen-bond acceptors (Lipinski definition) is 6. The maximum atomic E-state index is 14.4. The molecule has 0 bridgehead atoms. The van der Waals surface area contributed by atoms with Gasteiger partial charge in [-0.1, -0.05) is 11.6 Å². The van der Waals surface area contributed by atoms with Crippen LogP contribution < -0.4 is 0 Å². The van der Waals surface area contributed by atoms with Crippen molar-refractivity contribution >= 4 is 27.4 Å². The summed E-state index contributed by atoms with van der Waals surface area (Å²) in [6, 6.07) is 2.31. The lowest BCUT2D eigenvalue weighted by Gasteiger charge is -2.11. The number of carbonyl (C=O) groups excluding carboxylic acids is 1. The molecule has 0 aliphatic heterocycles. The molecule has 0 fully saturated rings. The van der Waals surface area contributed by atoms with Crippen molar-refractivity contribution in [3.63, 3.8) is 0 Å². The second-order valence-corrected chi connectivity index (χ2v) is 7.08. The first-order chi connectivity index (χ1) is 10.7. The van der Waals surface area contributed by atoms with Crippen molar-refractivity contribution in [1.82, 2.24) is 9.97 Å². The van der Waals surface area contributed by atoms with Crippen LogP contribution in [0, 0.1) is 12.7 Å². The van der Waals surface area contributed by atoms with E-state index in [1.807, 2.05) is 0 Å². The number of methoxy groups -OCH3 is 1. The van der Waals surface area contributed by atoms with Crippen LogP contribution in [0.5, 0.6) is 0 Å². The lowest BCUT2D eigenvalue weighted by atomic mass is 10.1. The number of aryl methyl sites for hydroxylation is 1. The molecule has 1 aromatic heterocycles. The molecule has 23 heavy (non-hydrogen) atoms. The number of sulfone groups is 1. The van der Waals surface area contributed by atoms with Gasteiger partial charge in [0.25, 0.3) is 0 Å². The van der Waals surface area contributed by atoms with Crippen LogP contribution in [-0.2, 0) is 14.6 Å². The van der Waals surface area contributed by atoms with Crippen molar-refractivity contribution in [2.24, 2.45) is 0 Å². The summed E-state index contributed by atoms with van der Waals surface area (Å²) < 4.78 is 42.8. The zero-order valence-electron chi connectivity index (χ0n) is 12.4. The van der Waals surface area contributed by atoms with Gasteiger partial charge in [-0.05, 0) is 19.1 Å². The molecule has 6 nitrogen and oxygen atoms in total. The highest BCUT2D eigenvalue weighted by molar-refractivity contribution is 7.90. The highest BCUT2D eigenvalue weighted by Crippen LogP contribution is 2.33. The molecule has 0 atom stereocenters. The monoisotopic (exact) mass is 358 g/mol. The summed E-state index contributed by atoms with van der Waals surface area (Å²) in [5, 5.41) is -0.269. The molecule has 122 valence electrons. The van der Waals surface area contributed by atoms with E-state index in [2.05, 4.69) is 14.7 Å². The number of halogens is 2. The molecule has 0 aliphatic rings. The van der Waals surface area contributed by atoms with E-state index in [1.165, 1.54) is 19.2 Å². The van der Waals surface area contributed by atoms with Crippen LogP contribution in [0.1, 0.15) is 16.2 Å². The van der Waals surface area contributed by atoms with Crippen LogP contribution in [0.15, 0.2) is 23.2 Å². The Labute approximate surface area is 137 Å². The van der Waals surface area contributed by atoms with Crippen LogP contribution >= 0.6 is 11.6 Å². The van der Waals surface area contributed by atoms with Crippen LogP contribution in [-0.4, -0.2) is 37.7 Å². The van der Waals surface area contributed by atoms with Gasteiger partial charge >= 0.3 is 5.97 Å². The first-order valence-corrected chi connectivity index (χ1v) is 8.54. The van der Waals surface area contributed by atoms with Crippen molar-refractivity contribution in [3.05, 3.63) is 40.6 Å². The van der Waals surface area contributed by atoms with Gasteiger partial charge in [0, 0.05) is 6.26 Å². The first kappa shape index (κ1) is 17.3. The average molecular weight is 359 g/mol. The molecule has 1 heterocycles. The van der Waals surface area contributed by atoms with E-state index in [-0.39, 0.29) is 32.6 Å². The summed E-state index contributed by atoms with van der Waals surface area (Å²) in [4.78, 5) is 19.3. The molecule has 0 saturated heterocycles. The molecule has 0 N–H and O–H groups in total. The van der Waals surface area contributed by atoms with Gasteiger partial charge in [-0.2, -0.15) is 0 Å². The molecule has 0 spiro atoms. The number of aromatic nitrogens is 2. The SMILES string of the molecule is COC(=O)c1nc(-c2c(S(C)(=O)=O)ccc(Cl)c2F)cnc1C. The number of carbonyl (C=O) groups is 1. The third-order valence-electron chi connectivity index (χ3n) is 3.05. The average Bonchev–Trinajstić information content (AvgIpc) is 2.48. The lowest BCUT2D eigenvalue weighted by Crippen LogP contribution is -2.10. The Morgan fingerprint density at radius 1 is 1.35 bits per heavy atom. The Morgan fingerprint density at radius 3 is 2.57 bits per heavy atom. The quantitative estimate of drug-likeness (QED) is 0.783. The summed E-state index contributed by atoms with van der Waals surface area (Å²) in [5.41, 5.74) is -0.332. The van der Waals surface area contributed by atoms with Crippen molar-refractivity contribution in [2.45, 2.75) is 11.8 Å². The fourth-order valence-corrected chi connectivity index (χ4v) is 2.98.